The van der Waals surface area contributed by atoms with E-state index in [1.54, 1.807) is 54.6 Å². The molecule has 1 saturated heterocycles. The summed E-state index contributed by atoms with van der Waals surface area (Å²) < 4.78 is 10.7. The van der Waals surface area contributed by atoms with Crippen LogP contribution in [-0.4, -0.2) is 54.2 Å². The molecule has 0 spiro atoms. The summed E-state index contributed by atoms with van der Waals surface area (Å²) in [5.74, 6) is 0.771. The maximum atomic E-state index is 12.7. The summed E-state index contributed by atoms with van der Waals surface area (Å²) in [6, 6.07) is 16.4. The molecule has 4 rings (SSSR count). The van der Waals surface area contributed by atoms with Gasteiger partial charge in [-0.25, -0.2) is 9.97 Å². The number of anilines is 2. The molecule has 1 N–H and O–H groups in total. The van der Waals surface area contributed by atoms with E-state index in [1.807, 2.05) is 12.1 Å². The van der Waals surface area contributed by atoms with E-state index >= 15 is 0 Å². The van der Waals surface area contributed by atoms with Gasteiger partial charge in [0, 0.05) is 43.7 Å². The molecule has 1 amide bonds. The van der Waals surface area contributed by atoms with Gasteiger partial charge < -0.3 is 19.7 Å². The van der Waals surface area contributed by atoms with E-state index in [-0.39, 0.29) is 12.0 Å². The molecule has 0 bridgehead atoms. The van der Waals surface area contributed by atoms with Crippen LogP contribution in [0.5, 0.6) is 5.75 Å². The van der Waals surface area contributed by atoms with Crippen LogP contribution in [0, 0.1) is 11.3 Å². The summed E-state index contributed by atoms with van der Waals surface area (Å²) in [7, 11) is 3.17. The molecule has 31 heavy (non-hydrogen) atoms. The molecule has 1 aliphatic rings. The SMILES string of the molecule is COc1cc(Nc2nccc(-c3cccc(C#N)c3)n2)ccc1C(=O)N1CC(OC)C1. The number of nitrogens with one attached hydrogen (secondary N) is 1. The number of ether oxygens (including phenoxy) is 2. The van der Waals surface area contributed by atoms with Gasteiger partial charge in [-0.05, 0) is 30.3 Å². The Hall–Kier alpha value is -3.96. The average molecular weight is 415 g/mol. The Morgan fingerprint density at radius 3 is 2.77 bits per heavy atom. The molecule has 3 aromatic rings. The Morgan fingerprint density at radius 1 is 1.19 bits per heavy atom. The van der Waals surface area contributed by atoms with Crippen LogP contribution >= 0.6 is 0 Å². The molecule has 8 nitrogen and oxygen atoms in total. The topological polar surface area (TPSA) is 100 Å². The lowest BCUT2D eigenvalue weighted by Gasteiger charge is -2.38. The van der Waals surface area contributed by atoms with E-state index in [4.69, 9.17) is 14.7 Å². The van der Waals surface area contributed by atoms with Gasteiger partial charge in [0.2, 0.25) is 5.95 Å². The minimum atomic E-state index is -0.0904. The number of rotatable bonds is 6. The fourth-order valence-electron chi connectivity index (χ4n) is 3.33. The first-order valence-corrected chi connectivity index (χ1v) is 9.72. The van der Waals surface area contributed by atoms with Gasteiger partial charge in [0.15, 0.2) is 0 Å². The molecular weight excluding hydrogens is 394 g/mol. The number of benzene rings is 2. The fourth-order valence-corrected chi connectivity index (χ4v) is 3.33. The predicted octanol–water partition coefficient (Wildman–Crippen LogP) is 3.24. The summed E-state index contributed by atoms with van der Waals surface area (Å²) in [6.45, 7) is 1.15. The highest BCUT2D eigenvalue weighted by atomic mass is 16.5. The lowest BCUT2D eigenvalue weighted by Crippen LogP contribution is -2.54. The van der Waals surface area contributed by atoms with Crippen molar-refractivity contribution in [2.24, 2.45) is 0 Å². The monoisotopic (exact) mass is 415 g/mol. The molecule has 0 unspecified atom stereocenters. The number of nitriles is 1. The standard InChI is InChI=1S/C23H21N5O3/c1-30-18-13-28(14-18)22(29)19-7-6-17(11-21(19)31-2)26-23-25-9-8-20(27-23)16-5-3-4-15(10-16)12-24/h3-11,18H,13-14H2,1-2H3,(H,25,26,27). The fraction of sp³-hybridized carbons (Fsp3) is 0.217. The molecule has 2 aromatic carbocycles. The Labute approximate surface area is 180 Å². The quantitative estimate of drug-likeness (QED) is 0.660. The van der Waals surface area contributed by atoms with Crippen LogP contribution in [0.1, 0.15) is 15.9 Å². The van der Waals surface area contributed by atoms with Gasteiger partial charge >= 0.3 is 0 Å². The van der Waals surface area contributed by atoms with E-state index in [0.29, 0.717) is 47.3 Å². The lowest BCUT2D eigenvalue weighted by atomic mass is 10.1. The van der Waals surface area contributed by atoms with Gasteiger partial charge in [0.25, 0.3) is 5.91 Å². The zero-order valence-electron chi connectivity index (χ0n) is 17.2. The van der Waals surface area contributed by atoms with Crippen molar-refractivity contribution in [3.05, 3.63) is 65.9 Å². The zero-order valence-corrected chi connectivity index (χ0v) is 17.2. The second-order valence-electron chi connectivity index (χ2n) is 7.07. The number of hydrogen-bond donors (Lipinski definition) is 1. The number of methoxy groups -OCH3 is 2. The Morgan fingerprint density at radius 2 is 2.03 bits per heavy atom. The molecule has 2 heterocycles. The maximum Gasteiger partial charge on any atom is 0.257 e. The van der Waals surface area contributed by atoms with Crippen molar-refractivity contribution in [2.45, 2.75) is 6.10 Å². The summed E-state index contributed by atoms with van der Waals surface area (Å²) in [5.41, 5.74) is 3.26. The number of carbonyl (C=O) groups is 1. The highest BCUT2D eigenvalue weighted by Gasteiger charge is 2.32. The van der Waals surface area contributed by atoms with E-state index < -0.39 is 0 Å². The van der Waals surface area contributed by atoms with Crippen LogP contribution < -0.4 is 10.1 Å². The molecule has 0 saturated carbocycles. The minimum absolute atomic E-state index is 0.0904. The Balaban J connectivity index is 1.53. The number of likely N-dealkylation sites (tertiary alicyclic amines) is 1. The highest BCUT2D eigenvalue weighted by Crippen LogP contribution is 2.28. The Bertz CT molecular complexity index is 1150. The molecule has 1 fully saturated rings. The number of hydrogen-bond acceptors (Lipinski definition) is 7. The molecule has 1 aromatic heterocycles. The van der Waals surface area contributed by atoms with Crippen LogP contribution in [0.2, 0.25) is 0 Å². The van der Waals surface area contributed by atoms with Crippen molar-refractivity contribution in [3.8, 4) is 23.1 Å². The normalized spacial score (nSPS) is 13.3. The summed E-state index contributed by atoms with van der Waals surface area (Å²) >= 11 is 0. The van der Waals surface area contributed by atoms with Gasteiger partial charge in [-0.2, -0.15) is 5.26 Å². The predicted molar refractivity (Wildman–Crippen MR) is 115 cm³/mol. The second kappa shape index (κ2) is 8.81. The molecule has 0 aliphatic carbocycles. The summed E-state index contributed by atoms with van der Waals surface area (Å²) in [4.78, 5) is 23.2. The number of amides is 1. The first-order chi connectivity index (χ1) is 15.1. The third-order valence-electron chi connectivity index (χ3n) is 5.10. The van der Waals surface area contributed by atoms with E-state index in [9.17, 15) is 4.79 Å². The number of carbonyl (C=O) groups excluding carboxylic acids is 1. The molecule has 0 radical (unpaired) electrons. The van der Waals surface area contributed by atoms with Crippen molar-refractivity contribution in [2.75, 3.05) is 32.6 Å². The molecular formula is C23H21N5O3. The lowest BCUT2D eigenvalue weighted by molar-refractivity contribution is -0.0193. The molecule has 8 heteroatoms. The minimum Gasteiger partial charge on any atom is -0.496 e. The van der Waals surface area contributed by atoms with Crippen molar-refractivity contribution >= 4 is 17.5 Å². The third kappa shape index (κ3) is 4.32. The van der Waals surface area contributed by atoms with E-state index in [1.165, 1.54) is 7.11 Å². The number of nitrogens with zero attached hydrogens (tertiary/aromatic N) is 4. The van der Waals surface area contributed by atoms with Crippen LogP contribution in [0.4, 0.5) is 11.6 Å². The zero-order chi connectivity index (χ0) is 21.8. The van der Waals surface area contributed by atoms with Crippen LogP contribution in [0.25, 0.3) is 11.3 Å². The van der Waals surface area contributed by atoms with Crippen LogP contribution in [0.15, 0.2) is 54.7 Å². The van der Waals surface area contributed by atoms with Gasteiger partial charge in [-0.1, -0.05) is 12.1 Å². The van der Waals surface area contributed by atoms with Gasteiger partial charge in [0.05, 0.1) is 36.1 Å². The molecule has 0 atom stereocenters. The second-order valence-corrected chi connectivity index (χ2v) is 7.07. The first-order valence-electron chi connectivity index (χ1n) is 9.72. The van der Waals surface area contributed by atoms with Gasteiger partial charge in [0.1, 0.15) is 5.75 Å². The summed E-state index contributed by atoms with van der Waals surface area (Å²) in [6.07, 6.45) is 1.74. The first kappa shape index (κ1) is 20.3. The van der Waals surface area contributed by atoms with E-state index in [0.717, 1.165) is 5.56 Å². The summed E-state index contributed by atoms with van der Waals surface area (Å²) in [5, 5.41) is 12.3. The van der Waals surface area contributed by atoms with Crippen molar-refractivity contribution in [1.29, 1.82) is 5.26 Å². The molecule has 156 valence electrons. The maximum absolute atomic E-state index is 12.7. The van der Waals surface area contributed by atoms with Gasteiger partial charge in [-0.15, -0.1) is 0 Å². The largest absolute Gasteiger partial charge is 0.496 e. The number of aromatic nitrogens is 2. The van der Waals surface area contributed by atoms with E-state index in [2.05, 4.69) is 21.4 Å². The van der Waals surface area contributed by atoms with Gasteiger partial charge in [-0.3, -0.25) is 4.79 Å². The van der Waals surface area contributed by atoms with Crippen molar-refractivity contribution < 1.29 is 14.3 Å². The Kier molecular flexibility index (Phi) is 5.78. The van der Waals surface area contributed by atoms with Crippen LogP contribution in [0.3, 0.4) is 0 Å². The van der Waals surface area contributed by atoms with Crippen LogP contribution in [-0.2, 0) is 4.74 Å². The van der Waals surface area contributed by atoms with Crippen molar-refractivity contribution in [3.63, 3.8) is 0 Å². The smallest absolute Gasteiger partial charge is 0.257 e. The third-order valence-corrected chi connectivity index (χ3v) is 5.10. The molecule has 1 aliphatic heterocycles. The average Bonchev–Trinajstić information content (AvgIpc) is 2.78. The highest BCUT2D eigenvalue weighted by molar-refractivity contribution is 5.98. The van der Waals surface area contributed by atoms with Crippen molar-refractivity contribution in [1.82, 2.24) is 14.9 Å².